The van der Waals surface area contributed by atoms with E-state index in [1.807, 2.05) is 11.9 Å². The third-order valence-electron chi connectivity index (χ3n) is 5.59. The number of hydrogen-bond acceptors (Lipinski definition) is 7. The van der Waals surface area contributed by atoms with E-state index in [-0.39, 0.29) is 12.1 Å². The second kappa shape index (κ2) is 6.77. The SMILES string of the molecule is COC(=O)[C@@]1(C(=O)c2ccc(N=C=S)cc2)[C@@H](O)C[C@@H]2CC[C@H]1N2C. The van der Waals surface area contributed by atoms with E-state index in [9.17, 15) is 14.7 Å². The first kappa shape index (κ1) is 17.9. The topological polar surface area (TPSA) is 79.2 Å². The van der Waals surface area contributed by atoms with Crippen LogP contribution in [0.15, 0.2) is 29.3 Å². The molecule has 2 fully saturated rings. The summed E-state index contributed by atoms with van der Waals surface area (Å²) < 4.78 is 4.98. The maximum Gasteiger partial charge on any atom is 0.324 e. The van der Waals surface area contributed by atoms with Crippen LogP contribution in [0, 0.1) is 5.41 Å². The fourth-order valence-corrected chi connectivity index (χ4v) is 4.43. The van der Waals surface area contributed by atoms with E-state index < -0.39 is 23.3 Å². The Hall–Kier alpha value is -1.92. The summed E-state index contributed by atoms with van der Waals surface area (Å²) in [7, 11) is 3.15. The van der Waals surface area contributed by atoms with Gasteiger partial charge in [-0.3, -0.25) is 14.5 Å². The standard InChI is InChI=1S/C18H20N2O4S/c1-20-13-7-8-14(20)18(15(21)9-13,17(23)24-2)16(22)11-3-5-12(6-4-11)19-10-25/h3-6,13-15,21H,7-9H2,1-2H3/t13-,14+,15-,18+/m0/s1. The van der Waals surface area contributed by atoms with Gasteiger partial charge in [0.15, 0.2) is 11.2 Å². The molecule has 4 atom stereocenters. The highest BCUT2D eigenvalue weighted by Crippen LogP contribution is 2.48. The van der Waals surface area contributed by atoms with Gasteiger partial charge >= 0.3 is 5.97 Å². The van der Waals surface area contributed by atoms with E-state index in [0.29, 0.717) is 24.1 Å². The minimum absolute atomic E-state index is 0.185. The molecule has 0 spiro atoms. The van der Waals surface area contributed by atoms with Gasteiger partial charge < -0.3 is 9.84 Å². The first-order valence-electron chi connectivity index (χ1n) is 8.18. The zero-order chi connectivity index (χ0) is 18.2. The molecule has 2 bridgehead atoms. The van der Waals surface area contributed by atoms with Crippen molar-refractivity contribution in [1.29, 1.82) is 0 Å². The zero-order valence-corrected chi connectivity index (χ0v) is 15.0. The number of carbonyl (C=O) groups excluding carboxylic acids is 2. The third kappa shape index (κ3) is 2.64. The molecule has 0 radical (unpaired) electrons. The number of isothiocyanates is 1. The smallest absolute Gasteiger partial charge is 0.324 e. The van der Waals surface area contributed by atoms with Gasteiger partial charge in [-0.2, -0.15) is 4.99 Å². The molecule has 7 heteroatoms. The lowest BCUT2D eigenvalue weighted by molar-refractivity contribution is -0.165. The normalized spacial score (nSPS) is 31.2. The van der Waals surface area contributed by atoms with Gasteiger partial charge in [0.25, 0.3) is 0 Å². The molecule has 2 saturated heterocycles. The molecule has 1 aromatic rings. The lowest BCUT2D eigenvalue weighted by atomic mass is 9.67. The van der Waals surface area contributed by atoms with E-state index in [1.165, 1.54) is 7.11 Å². The molecule has 1 aromatic carbocycles. The van der Waals surface area contributed by atoms with Crippen molar-refractivity contribution >= 4 is 34.8 Å². The number of hydrogen-bond donors (Lipinski definition) is 1. The lowest BCUT2D eigenvalue weighted by Gasteiger charge is -2.47. The van der Waals surface area contributed by atoms with Crippen molar-refractivity contribution in [2.45, 2.75) is 37.5 Å². The average Bonchev–Trinajstić information content (AvgIpc) is 2.88. The van der Waals surface area contributed by atoms with Crippen LogP contribution in [-0.2, 0) is 9.53 Å². The highest BCUT2D eigenvalue weighted by atomic mass is 32.1. The van der Waals surface area contributed by atoms with Crippen LogP contribution in [0.5, 0.6) is 0 Å². The summed E-state index contributed by atoms with van der Waals surface area (Å²) >= 11 is 4.57. The van der Waals surface area contributed by atoms with Gasteiger partial charge in [-0.15, -0.1) is 0 Å². The maximum absolute atomic E-state index is 13.4. The number of aliphatic imine (C=N–C) groups is 1. The number of ketones is 1. The lowest BCUT2D eigenvalue weighted by Crippen LogP contribution is -2.64. The summed E-state index contributed by atoms with van der Waals surface area (Å²) in [6.07, 6.45) is 0.833. The van der Waals surface area contributed by atoms with Crippen LogP contribution in [0.1, 0.15) is 29.6 Å². The third-order valence-corrected chi connectivity index (χ3v) is 5.68. The number of nitrogens with zero attached hydrogens (tertiary/aromatic N) is 2. The van der Waals surface area contributed by atoms with Crippen molar-refractivity contribution in [3.05, 3.63) is 29.8 Å². The summed E-state index contributed by atoms with van der Waals surface area (Å²) in [4.78, 5) is 32.0. The number of aliphatic hydroxyl groups excluding tert-OH is 1. The highest BCUT2D eigenvalue weighted by Gasteiger charge is 2.64. The van der Waals surface area contributed by atoms with Crippen molar-refractivity contribution in [2.75, 3.05) is 14.2 Å². The molecule has 0 saturated carbocycles. The number of Topliss-reactive ketones (excluding diaryl/α,β-unsaturated/α-hetero) is 1. The second-order valence-corrected chi connectivity index (χ2v) is 6.79. The van der Waals surface area contributed by atoms with Crippen LogP contribution in [0.3, 0.4) is 0 Å². The maximum atomic E-state index is 13.4. The number of aliphatic hydroxyl groups is 1. The Bertz CT molecular complexity index is 744. The Morgan fingerprint density at radius 2 is 2.04 bits per heavy atom. The molecule has 0 unspecified atom stereocenters. The average molecular weight is 360 g/mol. The van der Waals surface area contributed by atoms with Gasteiger partial charge in [-0.25, -0.2) is 0 Å². The molecule has 0 aromatic heterocycles. The summed E-state index contributed by atoms with van der Waals surface area (Å²) in [5.74, 6) is -1.09. The molecule has 0 amide bonds. The molecular formula is C18H20N2O4S. The molecule has 2 aliphatic heterocycles. The van der Waals surface area contributed by atoms with Gasteiger partial charge in [-0.05, 0) is 62.8 Å². The molecule has 2 heterocycles. The second-order valence-electron chi connectivity index (χ2n) is 6.60. The molecule has 0 aliphatic carbocycles. The number of rotatable bonds is 4. The van der Waals surface area contributed by atoms with Crippen LogP contribution < -0.4 is 0 Å². The van der Waals surface area contributed by atoms with Crippen LogP contribution in [-0.4, -0.2) is 59.3 Å². The van der Waals surface area contributed by atoms with Crippen LogP contribution in [0.2, 0.25) is 0 Å². The molecule has 3 rings (SSSR count). The number of ether oxygens (including phenoxy) is 1. The zero-order valence-electron chi connectivity index (χ0n) is 14.1. The Morgan fingerprint density at radius 1 is 1.36 bits per heavy atom. The van der Waals surface area contributed by atoms with Crippen molar-refractivity contribution in [3.8, 4) is 0 Å². The largest absolute Gasteiger partial charge is 0.468 e. The van der Waals surface area contributed by atoms with Gasteiger partial charge in [0.2, 0.25) is 0 Å². The summed E-state index contributed by atoms with van der Waals surface area (Å²) in [5, 5.41) is 13.1. The molecule has 1 N–H and O–H groups in total. The van der Waals surface area contributed by atoms with Crippen LogP contribution in [0.4, 0.5) is 5.69 Å². The Kier molecular flexibility index (Phi) is 4.84. The molecule has 132 valence electrons. The predicted molar refractivity (Wildman–Crippen MR) is 95.1 cm³/mol. The molecule has 6 nitrogen and oxygen atoms in total. The Labute approximate surface area is 151 Å². The Morgan fingerprint density at radius 3 is 2.64 bits per heavy atom. The summed E-state index contributed by atoms with van der Waals surface area (Å²) in [6, 6.07) is 6.25. The summed E-state index contributed by atoms with van der Waals surface area (Å²) in [5.41, 5.74) is -0.696. The van der Waals surface area contributed by atoms with E-state index >= 15 is 0 Å². The van der Waals surface area contributed by atoms with Crippen molar-refractivity contribution < 1.29 is 19.4 Å². The number of benzene rings is 1. The minimum Gasteiger partial charge on any atom is -0.468 e. The number of methoxy groups -OCH3 is 1. The van der Waals surface area contributed by atoms with E-state index in [4.69, 9.17) is 4.74 Å². The van der Waals surface area contributed by atoms with Gasteiger partial charge in [-0.1, -0.05) is 0 Å². The quantitative estimate of drug-likeness (QED) is 0.291. The van der Waals surface area contributed by atoms with E-state index in [0.717, 1.165) is 6.42 Å². The highest BCUT2D eigenvalue weighted by molar-refractivity contribution is 7.78. The first-order chi connectivity index (χ1) is 12.0. The summed E-state index contributed by atoms with van der Waals surface area (Å²) in [6.45, 7) is 0. The number of piperidine rings is 1. The van der Waals surface area contributed by atoms with Gasteiger partial charge in [0.05, 0.1) is 24.1 Å². The van der Waals surface area contributed by atoms with Gasteiger partial charge in [0.1, 0.15) is 0 Å². The van der Waals surface area contributed by atoms with Crippen molar-refractivity contribution in [1.82, 2.24) is 4.90 Å². The molecule has 25 heavy (non-hydrogen) atoms. The fourth-order valence-electron chi connectivity index (χ4n) is 4.33. The molecule has 2 aliphatic rings. The minimum atomic E-state index is -1.61. The van der Waals surface area contributed by atoms with Crippen LogP contribution >= 0.6 is 12.2 Å². The monoisotopic (exact) mass is 360 g/mol. The first-order valence-corrected chi connectivity index (χ1v) is 8.58. The predicted octanol–water partition coefficient (Wildman–Crippen LogP) is 1.99. The van der Waals surface area contributed by atoms with E-state index in [1.54, 1.807) is 24.3 Å². The van der Waals surface area contributed by atoms with Crippen molar-refractivity contribution in [2.24, 2.45) is 10.4 Å². The number of thiocarbonyl (C=S) groups is 1. The van der Waals surface area contributed by atoms with Crippen molar-refractivity contribution in [3.63, 3.8) is 0 Å². The van der Waals surface area contributed by atoms with E-state index in [2.05, 4.69) is 22.4 Å². The fraction of sp³-hybridized carbons (Fsp3) is 0.500. The Balaban J connectivity index is 2.07. The number of esters is 1. The number of fused-ring (bicyclic) bond motifs is 2. The number of carbonyl (C=O) groups is 2. The molecular weight excluding hydrogens is 340 g/mol. The van der Waals surface area contributed by atoms with Crippen LogP contribution in [0.25, 0.3) is 0 Å². The van der Waals surface area contributed by atoms with Gasteiger partial charge in [0, 0.05) is 17.6 Å².